The fourth-order valence-electron chi connectivity index (χ4n) is 3.47. The van der Waals surface area contributed by atoms with Crippen molar-refractivity contribution in [3.8, 4) is 0 Å². The maximum Gasteiger partial charge on any atom is 0.302 e. The number of benzene rings is 1. The summed E-state index contributed by atoms with van der Waals surface area (Å²) in [4.78, 5) is 4.35. The molecule has 1 aliphatic heterocycles. The average Bonchev–Trinajstić information content (AvgIpc) is 2.68. The molecule has 1 saturated heterocycles. The molecule has 7 heteroatoms. The van der Waals surface area contributed by atoms with Crippen molar-refractivity contribution in [2.24, 2.45) is 0 Å². The van der Waals surface area contributed by atoms with Gasteiger partial charge in [-0.3, -0.25) is 4.98 Å². The van der Waals surface area contributed by atoms with Crippen LogP contribution in [0.1, 0.15) is 43.2 Å². The van der Waals surface area contributed by atoms with Gasteiger partial charge in [0.25, 0.3) is 0 Å². The Bertz CT molecular complexity index is 899. The molecule has 2 aromatic rings. The molecular formula is C21H23F3N2OS. The van der Waals surface area contributed by atoms with Crippen LogP contribution in [-0.2, 0) is 16.7 Å². The average molecular weight is 408 g/mol. The van der Waals surface area contributed by atoms with E-state index in [9.17, 15) is 4.39 Å². The molecule has 1 aromatic carbocycles. The van der Waals surface area contributed by atoms with Crippen LogP contribution in [0.4, 0.5) is 13.2 Å². The minimum Gasteiger partial charge on any atom is -0.363 e. The summed E-state index contributed by atoms with van der Waals surface area (Å²) in [6.07, 6.45) is 2.18. The summed E-state index contributed by atoms with van der Waals surface area (Å²) in [7, 11) is 0. The standard InChI is InChI=1S/C21H23F3N2OS/c1-13-5-6-15(11-25-13)9-14-7-8-17(22)16(10-14)20(4)21(23,24)19(2,3)27-12-18(28)26-20/h5-8,10-11H,9,12H2,1-4H3,(H,26,28)/t20-/m1/s1. The number of aryl methyl sites for hydroxylation is 1. The second kappa shape index (κ2) is 7.12. The molecule has 1 atom stereocenters. The lowest BCUT2D eigenvalue weighted by Crippen LogP contribution is -2.62. The van der Waals surface area contributed by atoms with Crippen LogP contribution in [-0.4, -0.2) is 28.1 Å². The Hall–Kier alpha value is -1.99. The van der Waals surface area contributed by atoms with Crippen LogP contribution < -0.4 is 5.32 Å². The van der Waals surface area contributed by atoms with E-state index in [1.54, 1.807) is 12.3 Å². The summed E-state index contributed by atoms with van der Waals surface area (Å²) in [5.74, 6) is -4.16. The number of thiocarbonyl (C=S) groups is 1. The summed E-state index contributed by atoms with van der Waals surface area (Å²) in [5.41, 5.74) is -1.54. The predicted molar refractivity (Wildman–Crippen MR) is 106 cm³/mol. The summed E-state index contributed by atoms with van der Waals surface area (Å²) in [5, 5.41) is 2.66. The Labute approximate surface area is 168 Å². The number of nitrogens with zero attached hydrogens (tertiary/aromatic N) is 1. The first kappa shape index (κ1) is 20.7. The van der Waals surface area contributed by atoms with Gasteiger partial charge in [-0.05, 0) is 63.4 Å². The Morgan fingerprint density at radius 1 is 1.14 bits per heavy atom. The van der Waals surface area contributed by atoms with Gasteiger partial charge in [0.2, 0.25) is 0 Å². The first-order valence-electron chi connectivity index (χ1n) is 8.99. The molecule has 2 heterocycles. The minimum atomic E-state index is -3.44. The van der Waals surface area contributed by atoms with Crippen molar-refractivity contribution in [3.05, 3.63) is 64.7 Å². The Morgan fingerprint density at radius 2 is 1.82 bits per heavy atom. The maximum absolute atomic E-state index is 15.5. The summed E-state index contributed by atoms with van der Waals surface area (Å²) in [6, 6.07) is 8.08. The van der Waals surface area contributed by atoms with E-state index >= 15 is 8.78 Å². The van der Waals surface area contributed by atoms with Crippen LogP contribution in [0.5, 0.6) is 0 Å². The zero-order valence-electron chi connectivity index (χ0n) is 16.3. The first-order valence-corrected chi connectivity index (χ1v) is 9.40. The van der Waals surface area contributed by atoms with Gasteiger partial charge in [0.1, 0.15) is 21.9 Å². The summed E-state index contributed by atoms with van der Waals surface area (Å²) >= 11 is 5.14. The second-order valence-electron chi connectivity index (χ2n) is 7.85. The van der Waals surface area contributed by atoms with Gasteiger partial charge in [0.05, 0.1) is 6.61 Å². The van der Waals surface area contributed by atoms with E-state index in [1.165, 1.54) is 32.9 Å². The van der Waals surface area contributed by atoms with Crippen LogP contribution in [0.3, 0.4) is 0 Å². The van der Waals surface area contributed by atoms with Gasteiger partial charge in [-0.1, -0.05) is 24.4 Å². The zero-order valence-corrected chi connectivity index (χ0v) is 17.1. The monoisotopic (exact) mass is 408 g/mol. The molecule has 1 aliphatic rings. The first-order chi connectivity index (χ1) is 13.0. The number of ether oxygens (including phenoxy) is 1. The fourth-order valence-corrected chi connectivity index (χ4v) is 3.74. The van der Waals surface area contributed by atoms with Gasteiger partial charge >= 0.3 is 5.92 Å². The Kier molecular flexibility index (Phi) is 5.27. The van der Waals surface area contributed by atoms with Crippen molar-refractivity contribution in [1.82, 2.24) is 10.3 Å². The number of aromatic nitrogens is 1. The molecule has 0 spiro atoms. The fraction of sp³-hybridized carbons (Fsp3) is 0.429. The van der Waals surface area contributed by atoms with Gasteiger partial charge in [0, 0.05) is 17.5 Å². The van der Waals surface area contributed by atoms with E-state index in [1.807, 2.05) is 19.1 Å². The lowest BCUT2D eigenvalue weighted by atomic mass is 9.77. The molecule has 0 radical (unpaired) electrons. The van der Waals surface area contributed by atoms with Crippen LogP contribution in [0.25, 0.3) is 0 Å². The van der Waals surface area contributed by atoms with Crippen LogP contribution in [0, 0.1) is 12.7 Å². The highest BCUT2D eigenvalue weighted by molar-refractivity contribution is 7.80. The Morgan fingerprint density at radius 3 is 2.46 bits per heavy atom. The lowest BCUT2D eigenvalue weighted by molar-refractivity contribution is -0.216. The summed E-state index contributed by atoms with van der Waals surface area (Å²) < 4.78 is 51.1. The number of nitrogens with one attached hydrogen (secondary N) is 1. The number of pyridine rings is 1. The Balaban J connectivity index is 2.07. The van der Waals surface area contributed by atoms with Crippen molar-refractivity contribution in [1.29, 1.82) is 0 Å². The number of hydrogen-bond donors (Lipinski definition) is 1. The van der Waals surface area contributed by atoms with Gasteiger partial charge in [0.15, 0.2) is 0 Å². The molecule has 0 amide bonds. The van der Waals surface area contributed by atoms with Crippen molar-refractivity contribution >= 4 is 17.2 Å². The molecule has 3 nitrogen and oxygen atoms in total. The smallest absolute Gasteiger partial charge is 0.302 e. The number of alkyl halides is 2. The van der Waals surface area contributed by atoms with E-state index in [0.717, 1.165) is 11.3 Å². The van der Waals surface area contributed by atoms with Crippen LogP contribution in [0.2, 0.25) is 0 Å². The van der Waals surface area contributed by atoms with Gasteiger partial charge in [-0.2, -0.15) is 0 Å². The van der Waals surface area contributed by atoms with Gasteiger partial charge in [-0.15, -0.1) is 0 Å². The maximum atomic E-state index is 15.5. The molecule has 3 rings (SSSR count). The van der Waals surface area contributed by atoms with Crippen molar-refractivity contribution in [3.63, 3.8) is 0 Å². The van der Waals surface area contributed by atoms with Crippen LogP contribution in [0.15, 0.2) is 36.5 Å². The van der Waals surface area contributed by atoms with Crippen LogP contribution >= 0.6 is 12.2 Å². The van der Waals surface area contributed by atoms with Gasteiger partial charge < -0.3 is 10.1 Å². The third-order valence-corrected chi connectivity index (χ3v) is 5.51. The second-order valence-corrected chi connectivity index (χ2v) is 8.34. The molecule has 28 heavy (non-hydrogen) atoms. The topological polar surface area (TPSA) is 34.1 Å². The summed E-state index contributed by atoms with van der Waals surface area (Å²) in [6.45, 7) is 5.59. The lowest BCUT2D eigenvalue weighted by Gasteiger charge is -2.44. The number of halogens is 3. The van der Waals surface area contributed by atoms with E-state index in [-0.39, 0.29) is 17.2 Å². The van der Waals surface area contributed by atoms with E-state index in [2.05, 4.69) is 10.3 Å². The van der Waals surface area contributed by atoms with Gasteiger partial charge in [-0.25, -0.2) is 13.2 Å². The molecule has 1 fully saturated rings. The number of rotatable bonds is 3. The SMILES string of the molecule is Cc1ccc(Cc2ccc(F)c([C@@]3(C)NC(=S)COC(C)(C)C3(F)F)c2)cn1. The highest BCUT2D eigenvalue weighted by Gasteiger charge is 2.64. The predicted octanol–water partition coefficient (Wildman–Crippen LogP) is 4.70. The minimum absolute atomic E-state index is 0.111. The van der Waals surface area contributed by atoms with Crippen molar-refractivity contribution < 1.29 is 17.9 Å². The molecule has 0 bridgehead atoms. The molecule has 1 aromatic heterocycles. The van der Waals surface area contributed by atoms with Crippen molar-refractivity contribution in [2.75, 3.05) is 6.61 Å². The van der Waals surface area contributed by atoms with Crippen molar-refractivity contribution in [2.45, 2.75) is 51.2 Å². The molecule has 0 aliphatic carbocycles. The highest BCUT2D eigenvalue weighted by atomic mass is 32.1. The van der Waals surface area contributed by atoms with E-state index in [0.29, 0.717) is 12.0 Å². The molecular weight excluding hydrogens is 385 g/mol. The normalized spacial score (nSPS) is 23.8. The van der Waals surface area contributed by atoms with E-state index in [4.69, 9.17) is 17.0 Å². The molecule has 0 saturated carbocycles. The largest absolute Gasteiger partial charge is 0.363 e. The highest BCUT2D eigenvalue weighted by Crippen LogP contribution is 2.48. The third-order valence-electron chi connectivity index (χ3n) is 5.29. The molecule has 1 N–H and O–H groups in total. The quantitative estimate of drug-likeness (QED) is 0.747. The zero-order chi connectivity index (χ0) is 20.7. The molecule has 150 valence electrons. The third kappa shape index (κ3) is 3.53. The van der Waals surface area contributed by atoms with E-state index < -0.39 is 22.9 Å². The number of hydrogen-bond acceptors (Lipinski definition) is 3. The molecule has 0 unspecified atom stereocenters.